The first-order valence-electron chi connectivity index (χ1n) is 15.8. The molecular weight excluding hydrogens is 588 g/mol. The van der Waals surface area contributed by atoms with Crippen molar-refractivity contribution in [3.05, 3.63) is 83.9 Å². The van der Waals surface area contributed by atoms with Crippen LogP contribution in [-0.4, -0.2) is 92.6 Å². The minimum atomic E-state index is -1.47. The minimum Gasteiger partial charge on any atom is -0.387 e. The van der Waals surface area contributed by atoms with Crippen LogP contribution < -0.4 is 21.3 Å². The zero-order valence-corrected chi connectivity index (χ0v) is 25.7. The summed E-state index contributed by atoms with van der Waals surface area (Å²) in [5.41, 5.74) is 2.77. The highest BCUT2D eigenvalue weighted by Gasteiger charge is 2.47. The molecule has 2 aliphatic rings. The molecule has 242 valence electrons. The number of amides is 2. The first-order valence-corrected chi connectivity index (χ1v) is 15.8. The number of nitrogens with one attached hydrogen (secondary N) is 4. The molecule has 4 aromatic rings. The molecule has 2 saturated heterocycles. The average molecular weight is 629 g/mol. The van der Waals surface area contributed by atoms with E-state index in [4.69, 9.17) is 4.74 Å². The molecule has 2 aliphatic heterocycles. The van der Waals surface area contributed by atoms with Gasteiger partial charge in [-0.25, -0.2) is 15.0 Å². The zero-order chi connectivity index (χ0) is 32.0. The van der Waals surface area contributed by atoms with Crippen LogP contribution >= 0.6 is 0 Å². The van der Waals surface area contributed by atoms with Crippen molar-refractivity contribution >= 4 is 28.8 Å². The summed E-state index contributed by atoms with van der Waals surface area (Å²) in [5.74, 6) is -0.407. The number of carbonyl (C=O) groups is 2. The normalized spacial score (nSPS) is 21.8. The van der Waals surface area contributed by atoms with Crippen LogP contribution in [0.25, 0.3) is 11.2 Å². The molecule has 13 nitrogen and oxygen atoms in total. The summed E-state index contributed by atoms with van der Waals surface area (Å²) in [6, 6.07) is 20.2. The van der Waals surface area contributed by atoms with E-state index in [1.54, 1.807) is 6.92 Å². The van der Waals surface area contributed by atoms with Gasteiger partial charge in [0, 0.05) is 25.6 Å². The van der Waals surface area contributed by atoms with Crippen molar-refractivity contribution in [2.75, 3.05) is 38.0 Å². The molecule has 0 unspecified atom stereocenters. The van der Waals surface area contributed by atoms with Gasteiger partial charge in [-0.3, -0.25) is 14.2 Å². The van der Waals surface area contributed by atoms with Crippen molar-refractivity contribution in [3.8, 4) is 0 Å². The lowest BCUT2D eigenvalue weighted by Gasteiger charge is -2.22. The van der Waals surface area contributed by atoms with E-state index in [-0.39, 0.29) is 17.4 Å². The van der Waals surface area contributed by atoms with Gasteiger partial charge in [-0.1, -0.05) is 60.7 Å². The number of imidazole rings is 1. The number of hydrogen-bond acceptors (Lipinski definition) is 10. The standard InChI is InChI=1S/C33H40N8O5/c1-2-35-31(44)27-25(42)26(43)33(46-27)41-19-38-24-28(36-18-23(21-9-5-3-6-10-21)22-11-7-4-8-12-22)39-29(40-30(24)41)32(45)37-17-20-13-15-34-16-14-20/h3-12,19-20,23,25-27,33-34,42-43H,2,13-18H2,1H3,(H,35,44)(H,37,45)(H,36,39,40)/t25-,26+,27-,33+/m0/s1. The third-order valence-corrected chi connectivity index (χ3v) is 8.63. The second-order valence-electron chi connectivity index (χ2n) is 11.7. The third-order valence-electron chi connectivity index (χ3n) is 8.63. The lowest BCUT2D eigenvalue weighted by molar-refractivity contribution is -0.137. The molecule has 0 aliphatic carbocycles. The molecule has 46 heavy (non-hydrogen) atoms. The zero-order valence-electron chi connectivity index (χ0n) is 25.7. The number of fused-ring (bicyclic) bond motifs is 1. The van der Waals surface area contributed by atoms with Crippen molar-refractivity contribution in [1.82, 2.24) is 35.5 Å². The molecule has 2 amide bonds. The molecule has 13 heteroatoms. The molecular formula is C33H40N8O5. The second-order valence-corrected chi connectivity index (χ2v) is 11.7. The van der Waals surface area contributed by atoms with E-state index in [2.05, 4.69) is 60.5 Å². The highest BCUT2D eigenvalue weighted by molar-refractivity contribution is 5.94. The van der Waals surface area contributed by atoms with Gasteiger partial charge in [0.05, 0.1) is 6.33 Å². The number of benzene rings is 2. The Morgan fingerprint density at radius 2 is 1.65 bits per heavy atom. The Bertz CT molecular complexity index is 1590. The van der Waals surface area contributed by atoms with E-state index in [0.29, 0.717) is 36.9 Å². The van der Waals surface area contributed by atoms with Crippen molar-refractivity contribution < 1.29 is 24.5 Å². The fraction of sp³-hybridized carbons (Fsp3) is 0.424. The number of carbonyl (C=O) groups excluding carboxylic acids is 2. The maximum atomic E-state index is 13.5. The third kappa shape index (κ3) is 6.72. The summed E-state index contributed by atoms with van der Waals surface area (Å²) in [5, 5.41) is 34.0. The number of aliphatic hydroxyl groups excluding tert-OH is 2. The first kappa shape index (κ1) is 31.5. The number of piperidine rings is 1. The Balaban J connectivity index is 1.34. The Morgan fingerprint density at radius 1 is 0.978 bits per heavy atom. The summed E-state index contributed by atoms with van der Waals surface area (Å²) in [4.78, 5) is 39.7. The van der Waals surface area contributed by atoms with Gasteiger partial charge < -0.3 is 36.2 Å². The van der Waals surface area contributed by atoms with Crippen molar-refractivity contribution in [2.24, 2.45) is 5.92 Å². The van der Waals surface area contributed by atoms with Crippen LogP contribution in [0.5, 0.6) is 0 Å². The SMILES string of the molecule is CCNC(=O)[C@H]1O[C@@H](n2cnc3c(NCC(c4ccccc4)c4ccccc4)nc(C(=O)NCC4CCNCC4)nc32)[C@H](O)[C@@H]1O. The number of rotatable bonds is 11. The van der Waals surface area contributed by atoms with Gasteiger partial charge in [0.1, 0.15) is 12.2 Å². The van der Waals surface area contributed by atoms with Gasteiger partial charge >= 0.3 is 0 Å². The summed E-state index contributed by atoms with van der Waals surface area (Å²) in [6.45, 7) is 4.84. The van der Waals surface area contributed by atoms with Crippen molar-refractivity contribution in [2.45, 2.75) is 50.2 Å². The molecule has 2 aromatic heterocycles. The van der Waals surface area contributed by atoms with Gasteiger partial charge in [0.25, 0.3) is 11.8 Å². The fourth-order valence-corrected chi connectivity index (χ4v) is 6.11. The van der Waals surface area contributed by atoms with Crippen LogP contribution in [0, 0.1) is 5.92 Å². The van der Waals surface area contributed by atoms with Crippen molar-refractivity contribution in [1.29, 1.82) is 0 Å². The number of nitrogens with zero attached hydrogens (tertiary/aromatic N) is 4. The monoisotopic (exact) mass is 628 g/mol. The highest BCUT2D eigenvalue weighted by atomic mass is 16.6. The predicted octanol–water partition coefficient (Wildman–Crippen LogP) is 1.56. The minimum absolute atomic E-state index is 0.0420. The Morgan fingerprint density at radius 3 is 2.30 bits per heavy atom. The molecule has 4 atom stereocenters. The van der Waals surface area contributed by atoms with Crippen molar-refractivity contribution in [3.63, 3.8) is 0 Å². The van der Waals surface area contributed by atoms with Gasteiger partial charge in [-0.15, -0.1) is 0 Å². The molecule has 4 heterocycles. The fourth-order valence-electron chi connectivity index (χ4n) is 6.11. The maximum absolute atomic E-state index is 13.5. The molecule has 6 rings (SSSR count). The molecule has 0 spiro atoms. The van der Waals surface area contributed by atoms with E-state index in [1.165, 1.54) is 10.9 Å². The molecule has 2 aromatic carbocycles. The Hall–Kier alpha value is -4.43. The quantitative estimate of drug-likeness (QED) is 0.143. The molecule has 0 radical (unpaired) electrons. The number of likely N-dealkylation sites (N-methyl/N-ethyl adjacent to an activating group) is 1. The predicted molar refractivity (Wildman–Crippen MR) is 171 cm³/mol. The number of aromatic nitrogens is 4. The summed E-state index contributed by atoms with van der Waals surface area (Å²) in [7, 11) is 0. The smallest absolute Gasteiger partial charge is 0.289 e. The van der Waals surface area contributed by atoms with E-state index >= 15 is 0 Å². The topological polar surface area (TPSA) is 176 Å². The summed E-state index contributed by atoms with van der Waals surface area (Å²) in [6.07, 6.45) is -2.05. The highest BCUT2D eigenvalue weighted by Crippen LogP contribution is 2.33. The maximum Gasteiger partial charge on any atom is 0.289 e. The number of ether oxygens (including phenoxy) is 1. The first-order chi connectivity index (χ1) is 22.4. The largest absolute Gasteiger partial charge is 0.387 e. The number of anilines is 1. The van der Waals surface area contributed by atoms with Crippen LogP contribution in [0.15, 0.2) is 67.0 Å². The Labute approximate surface area is 266 Å². The van der Waals surface area contributed by atoms with E-state index in [9.17, 15) is 19.8 Å². The lowest BCUT2D eigenvalue weighted by atomic mass is 9.91. The molecule has 0 saturated carbocycles. The van der Waals surface area contributed by atoms with Gasteiger partial charge in [-0.2, -0.15) is 0 Å². The number of aliphatic hydroxyl groups is 2. The Kier molecular flexibility index (Phi) is 9.83. The second kappa shape index (κ2) is 14.3. The van der Waals surface area contributed by atoms with Gasteiger partial charge in [0.2, 0.25) is 5.82 Å². The van der Waals surface area contributed by atoms with Crippen LogP contribution in [0.1, 0.15) is 53.7 Å². The van der Waals surface area contributed by atoms with Gasteiger partial charge in [0.15, 0.2) is 29.3 Å². The van der Waals surface area contributed by atoms with E-state index in [1.807, 2.05) is 36.4 Å². The number of hydrogen-bond donors (Lipinski definition) is 6. The van der Waals surface area contributed by atoms with Crippen LogP contribution in [-0.2, 0) is 9.53 Å². The average Bonchev–Trinajstić information content (AvgIpc) is 3.65. The van der Waals surface area contributed by atoms with E-state index < -0.39 is 36.4 Å². The van der Waals surface area contributed by atoms with Gasteiger partial charge in [-0.05, 0) is 49.9 Å². The van der Waals surface area contributed by atoms with Crippen LogP contribution in [0.2, 0.25) is 0 Å². The lowest BCUT2D eigenvalue weighted by Crippen LogP contribution is -2.42. The van der Waals surface area contributed by atoms with Crippen LogP contribution in [0.4, 0.5) is 5.82 Å². The molecule has 2 fully saturated rings. The summed E-state index contributed by atoms with van der Waals surface area (Å²) >= 11 is 0. The van der Waals surface area contributed by atoms with Crippen LogP contribution in [0.3, 0.4) is 0 Å². The molecule has 6 N–H and O–H groups in total. The summed E-state index contributed by atoms with van der Waals surface area (Å²) < 4.78 is 7.29. The van der Waals surface area contributed by atoms with E-state index in [0.717, 1.165) is 37.1 Å². The molecule has 0 bridgehead atoms.